The lowest BCUT2D eigenvalue weighted by Crippen LogP contribution is -2.43. The number of benzene rings is 1. The van der Waals surface area contributed by atoms with Gasteiger partial charge >= 0.3 is 0 Å². The number of aryl methyl sites for hydroxylation is 1. The average Bonchev–Trinajstić information content (AvgIpc) is 3.11. The van der Waals surface area contributed by atoms with Crippen molar-refractivity contribution in [1.29, 1.82) is 0 Å². The van der Waals surface area contributed by atoms with E-state index in [2.05, 4.69) is 32.8 Å². The number of pyridine rings is 1. The summed E-state index contributed by atoms with van der Waals surface area (Å²) >= 11 is 0. The topological polar surface area (TPSA) is 85.3 Å². The number of nitrogens with zero attached hydrogens (tertiary/aromatic N) is 4. The van der Waals surface area contributed by atoms with Gasteiger partial charge in [-0.3, -0.25) is 4.98 Å². The molecule has 2 aliphatic rings. The molecule has 2 atom stereocenters. The van der Waals surface area contributed by atoms with Crippen molar-refractivity contribution in [3.8, 4) is 5.75 Å². The molecule has 2 aliphatic heterocycles. The summed E-state index contributed by atoms with van der Waals surface area (Å²) in [5.74, 6) is 1.99. The van der Waals surface area contributed by atoms with Crippen LogP contribution in [0.4, 0.5) is 5.95 Å². The highest BCUT2D eigenvalue weighted by molar-refractivity contribution is 7.90. The Labute approximate surface area is 201 Å². The van der Waals surface area contributed by atoms with Crippen LogP contribution < -0.4 is 9.64 Å². The number of hydrogen-bond donors (Lipinski definition) is 0. The number of anilines is 1. The standard InChI is InChI=1S/C26H30N4O3S/c1-3-18-14-28-26(29-15-18)30-22-6-7-23(30)13-20(12-22)19-4-5-21(27-16-19)17-33-24-8-10-25(11-9-24)34(2,31)32/h4-5,8-11,14-16,20,22-23H,3,6-7,12-13,17H2,1-2H3. The monoisotopic (exact) mass is 478 g/mol. The fraction of sp³-hybridized carbons (Fsp3) is 0.423. The highest BCUT2D eigenvalue weighted by Gasteiger charge is 2.42. The lowest BCUT2D eigenvalue weighted by atomic mass is 9.86. The van der Waals surface area contributed by atoms with Gasteiger partial charge in [-0.2, -0.15) is 0 Å². The van der Waals surface area contributed by atoms with Gasteiger partial charge in [0.2, 0.25) is 5.95 Å². The zero-order valence-corrected chi connectivity index (χ0v) is 20.4. The molecular weight excluding hydrogens is 448 g/mol. The first-order valence-corrected chi connectivity index (χ1v) is 13.8. The van der Waals surface area contributed by atoms with Crippen LogP contribution in [0.15, 0.2) is 59.9 Å². The number of fused-ring (bicyclic) bond motifs is 2. The zero-order chi connectivity index (χ0) is 23.7. The number of ether oxygens (including phenoxy) is 1. The van der Waals surface area contributed by atoms with Crippen molar-refractivity contribution < 1.29 is 13.2 Å². The number of hydrogen-bond acceptors (Lipinski definition) is 7. The zero-order valence-electron chi connectivity index (χ0n) is 19.6. The van der Waals surface area contributed by atoms with E-state index in [-0.39, 0.29) is 4.90 Å². The molecule has 2 saturated heterocycles. The van der Waals surface area contributed by atoms with Crippen LogP contribution >= 0.6 is 0 Å². The van der Waals surface area contributed by atoms with Crippen molar-refractivity contribution in [2.45, 2.75) is 68.5 Å². The lowest BCUT2D eigenvalue weighted by Gasteiger charge is -2.39. The predicted molar refractivity (Wildman–Crippen MR) is 131 cm³/mol. The molecule has 1 aromatic carbocycles. The molecule has 0 N–H and O–H groups in total. The van der Waals surface area contributed by atoms with E-state index in [1.54, 1.807) is 24.3 Å². The molecule has 0 radical (unpaired) electrons. The molecule has 0 spiro atoms. The van der Waals surface area contributed by atoms with Crippen LogP contribution in [-0.4, -0.2) is 41.7 Å². The molecule has 178 valence electrons. The Morgan fingerprint density at radius 1 is 0.941 bits per heavy atom. The van der Waals surface area contributed by atoms with Gasteiger partial charge in [-0.25, -0.2) is 18.4 Å². The molecule has 0 amide bonds. The Morgan fingerprint density at radius 3 is 2.18 bits per heavy atom. The Morgan fingerprint density at radius 2 is 1.62 bits per heavy atom. The molecule has 0 saturated carbocycles. The third-order valence-corrected chi connectivity index (χ3v) is 8.15. The van der Waals surface area contributed by atoms with Gasteiger partial charge in [0.15, 0.2) is 9.84 Å². The van der Waals surface area contributed by atoms with Crippen molar-refractivity contribution in [1.82, 2.24) is 15.0 Å². The minimum absolute atomic E-state index is 0.284. The summed E-state index contributed by atoms with van der Waals surface area (Å²) in [6.07, 6.45) is 12.6. The van der Waals surface area contributed by atoms with Crippen LogP contribution in [0.5, 0.6) is 5.75 Å². The van der Waals surface area contributed by atoms with E-state index in [1.165, 1.54) is 30.2 Å². The first-order chi connectivity index (χ1) is 16.4. The van der Waals surface area contributed by atoms with E-state index in [0.717, 1.165) is 30.9 Å². The summed E-state index contributed by atoms with van der Waals surface area (Å²) in [4.78, 5) is 16.7. The molecule has 8 heteroatoms. The van der Waals surface area contributed by atoms with E-state index in [1.807, 2.05) is 24.7 Å². The van der Waals surface area contributed by atoms with Gasteiger partial charge in [0.05, 0.1) is 10.6 Å². The van der Waals surface area contributed by atoms with Gasteiger partial charge in [-0.15, -0.1) is 0 Å². The van der Waals surface area contributed by atoms with E-state index >= 15 is 0 Å². The largest absolute Gasteiger partial charge is 0.487 e. The highest BCUT2D eigenvalue weighted by Crippen LogP contribution is 2.44. The van der Waals surface area contributed by atoms with E-state index in [4.69, 9.17) is 4.74 Å². The summed E-state index contributed by atoms with van der Waals surface area (Å²) in [5.41, 5.74) is 3.30. The number of sulfone groups is 1. The van der Waals surface area contributed by atoms with Gasteiger partial charge in [-0.05, 0) is 79.5 Å². The second kappa shape index (κ2) is 9.33. The van der Waals surface area contributed by atoms with E-state index < -0.39 is 9.84 Å². The van der Waals surface area contributed by atoms with Gasteiger partial charge < -0.3 is 9.64 Å². The molecule has 5 rings (SSSR count). The lowest BCUT2D eigenvalue weighted by molar-refractivity contribution is 0.301. The Kier molecular flexibility index (Phi) is 6.25. The van der Waals surface area contributed by atoms with Crippen LogP contribution in [0.2, 0.25) is 0 Å². The van der Waals surface area contributed by atoms with Crippen LogP contribution in [0.25, 0.3) is 0 Å². The first-order valence-electron chi connectivity index (χ1n) is 11.9. The molecule has 4 heterocycles. The summed E-state index contributed by atoms with van der Waals surface area (Å²) in [7, 11) is -3.21. The second-order valence-electron chi connectivity index (χ2n) is 9.32. The van der Waals surface area contributed by atoms with Crippen molar-refractivity contribution >= 4 is 15.8 Å². The molecule has 34 heavy (non-hydrogen) atoms. The van der Waals surface area contributed by atoms with Gasteiger partial charge in [0, 0.05) is 36.9 Å². The molecule has 2 unspecified atom stereocenters. The molecule has 2 aromatic heterocycles. The minimum atomic E-state index is -3.21. The quantitative estimate of drug-likeness (QED) is 0.500. The molecular formula is C26H30N4O3S. The van der Waals surface area contributed by atoms with Crippen LogP contribution in [-0.2, 0) is 22.9 Å². The third-order valence-electron chi connectivity index (χ3n) is 7.02. The summed E-state index contributed by atoms with van der Waals surface area (Å²) in [6.45, 7) is 2.46. The summed E-state index contributed by atoms with van der Waals surface area (Å²) in [5, 5.41) is 0. The number of piperidine rings is 1. The summed E-state index contributed by atoms with van der Waals surface area (Å²) < 4.78 is 29.0. The third kappa shape index (κ3) is 4.78. The van der Waals surface area contributed by atoms with E-state index in [0.29, 0.717) is 30.4 Å². The van der Waals surface area contributed by atoms with Crippen molar-refractivity contribution in [3.05, 3.63) is 71.8 Å². The van der Waals surface area contributed by atoms with Gasteiger partial charge in [0.25, 0.3) is 0 Å². The number of aromatic nitrogens is 3. The molecule has 0 aliphatic carbocycles. The maximum atomic E-state index is 11.6. The molecule has 7 nitrogen and oxygen atoms in total. The second-order valence-corrected chi connectivity index (χ2v) is 11.3. The first kappa shape index (κ1) is 22.8. The predicted octanol–water partition coefficient (Wildman–Crippen LogP) is 4.33. The number of rotatable bonds is 7. The molecule has 3 aromatic rings. The van der Waals surface area contributed by atoms with Crippen molar-refractivity contribution in [2.75, 3.05) is 11.2 Å². The maximum Gasteiger partial charge on any atom is 0.225 e. The van der Waals surface area contributed by atoms with Crippen molar-refractivity contribution in [2.24, 2.45) is 0 Å². The normalized spacial score (nSPS) is 22.1. The highest BCUT2D eigenvalue weighted by atomic mass is 32.2. The van der Waals surface area contributed by atoms with Crippen molar-refractivity contribution in [3.63, 3.8) is 0 Å². The smallest absolute Gasteiger partial charge is 0.225 e. The average molecular weight is 479 g/mol. The van der Waals surface area contributed by atoms with Gasteiger partial charge in [-0.1, -0.05) is 13.0 Å². The Balaban J connectivity index is 1.20. The van der Waals surface area contributed by atoms with Crippen LogP contribution in [0.1, 0.15) is 55.3 Å². The summed E-state index contributed by atoms with van der Waals surface area (Å²) in [6, 6.07) is 11.6. The van der Waals surface area contributed by atoms with E-state index in [9.17, 15) is 8.42 Å². The Bertz CT molecular complexity index is 1210. The maximum absolute atomic E-state index is 11.6. The Hall–Kier alpha value is -3.00. The van der Waals surface area contributed by atoms with Crippen LogP contribution in [0, 0.1) is 0 Å². The van der Waals surface area contributed by atoms with Gasteiger partial charge in [0.1, 0.15) is 12.4 Å². The minimum Gasteiger partial charge on any atom is -0.487 e. The molecule has 2 fully saturated rings. The fourth-order valence-corrected chi connectivity index (χ4v) is 5.77. The van der Waals surface area contributed by atoms with Crippen LogP contribution in [0.3, 0.4) is 0 Å². The fourth-order valence-electron chi connectivity index (χ4n) is 5.14. The molecule has 2 bridgehead atoms. The SMILES string of the molecule is CCc1cnc(N2C3CCC2CC(c2ccc(COc4ccc(S(C)(=O)=O)cc4)nc2)C3)nc1.